The van der Waals surface area contributed by atoms with Crippen molar-refractivity contribution < 1.29 is 0 Å². The summed E-state index contributed by atoms with van der Waals surface area (Å²) in [6.45, 7) is 0. The van der Waals surface area contributed by atoms with Crippen LogP contribution in [0.1, 0.15) is 6.42 Å². The van der Waals surface area contributed by atoms with E-state index < -0.39 is 0 Å². The summed E-state index contributed by atoms with van der Waals surface area (Å²) < 4.78 is 0.888. The average Bonchev–Trinajstić information content (AvgIpc) is 2.79. The van der Waals surface area contributed by atoms with Crippen LogP contribution in [0.4, 0.5) is 10.8 Å². The Morgan fingerprint density at radius 2 is 2.12 bits per heavy atom. The molecular formula is C11H10N4S2. The number of nitrogens with zero attached hydrogens (tertiary/aromatic N) is 3. The highest BCUT2D eigenvalue weighted by molar-refractivity contribution is 8.01. The molecule has 0 spiro atoms. The standard InChI is InChI=1S/C11H10N4S2/c12-7-4-8-16-11-15-14-10(17-11)13-9-5-2-1-3-6-9/h1-3,5-6H,4,8H2,(H,13,14). The Morgan fingerprint density at radius 1 is 1.29 bits per heavy atom. The monoisotopic (exact) mass is 262 g/mol. The highest BCUT2D eigenvalue weighted by Crippen LogP contribution is 2.27. The van der Waals surface area contributed by atoms with E-state index >= 15 is 0 Å². The minimum absolute atomic E-state index is 0.533. The van der Waals surface area contributed by atoms with Crippen molar-refractivity contribution in [2.75, 3.05) is 11.1 Å². The minimum Gasteiger partial charge on any atom is -0.330 e. The van der Waals surface area contributed by atoms with Gasteiger partial charge in [-0.15, -0.1) is 10.2 Å². The molecular weight excluding hydrogens is 252 g/mol. The molecule has 0 radical (unpaired) electrons. The molecule has 4 nitrogen and oxygen atoms in total. The van der Waals surface area contributed by atoms with Gasteiger partial charge >= 0.3 is 0 Å². The topological polar surface area (TPSA) is 61.6 Å². The number of anilines is 2. The van der Waals surface area contributed by atoms with Crippen molar-refractivity contribution in [3.05, 3.63) is 30.3 Å². The van der Waals surface area contributed by atoms with Gasteiger partial charge in [0.25, 0.3) is 0 Å². The Labute approximate surface area is 108 Å². The Bertz CT molecular complexity index is 504. The van der Waals surface area contributed by atoms with Gasteiger partial charge in [0.2, 0.25) is 5.13 Å². The molecule has 1 N–H and O–H groups in total. The summed E-state index contributed by atoms with van der Waals surface area (Å²) >= 11 is 3.06. The van der Waals surface area contributed by atoms with Crippen LogP contribution < -0.4 is 5.32 Å². The van der Waals surface area contributed by atoms with Crippen LogP contribution in [0.25, 0.3) is 0 Å². The fourth-order valence-electron chi connectivity index (χ4n) is 1.15. The molecule has 2 aromatic rings. The predicted octanol–water partition coefficient (Wildman–Crippen LogP) is 3.29. The van der Waals surface area contributed by atoms with Crippen molar-refractivity contribution in [3.63, 3.8) is 0 Å². The first kappa shape index (κ1) is 11.9. The minimum atomic E-state index is 0.533. The van der Waals surface area contributed by atoms with E-state index in [1.54, 1.807) is 11.8 Å². The molecule has 0 unspecified atom stereocenters. The van der Waals surface area contributed by atoms with E-state index in [9.17, 15) is 0 Å². The van der Waals surface area contributed by atoms with Crippen LogP contribution in [0.3, 0.4) is 0 Å². The fourth-order valence-corrected chi connectivity index (χ4v) is 2.83. The lowest BCUT2D eigenvalue weighted by molar-refractivity contribution is 1.01. The predicted molar refractivity (Wildman–Crippen MR) is 70.6 cm³/mol. The molecule has 2 rings (SSSR count). The summed E-state index contributed by atoms with van der Waals surface area (Å²) in [7, 11) is 0. The van der Waals surface area contributed by atoms with E-state index in [1.807, 2.05) is 30.3 Å². The highest BCUT2D eigenvalue weighted by atomic mass is 32.2. The van der Waals surface area contributed by atoms with E-state index in [2.05, 4.69) is 21.6 Å². The molecule has 0 amide bonds. The highest BCUT2D eigenvalue weighted by Gasteiger charge is 2.04. The molecule has 17 heavy (non-hydrogen) atoms. The number of nitrogens with one attached hydrogen (secondary N) is 1. The van der Waals surface area contributed by atoms with E-state index in [-0.39, 0.29) is 0 Å². The quantitative estimate of drug-likeness (QED) is 0.661. The third-order valence-electron chi connectivity index (χ3n) is 1.87. The zero-order valence-corrected chi connectivity index (χ0v) is 10.6. The second-order valence-corrected chi connectivity index (χ2v) is 5.44. The largest absolute Gasteiger partial charge is 0.330 e. The molecule has 0 saturated heterocycles. The van der Waals surface area contributed by atoms with E-state index in [0.29, 0.717) is 6.42 Å². The lowest BCUT2D eigenvalue weighted by atomic mass is 10.3. The van der Waals surface area contributed by atoms with Crippen LogP contribution in [0.15, 0.2) is 34.7 Å². The van der Waals surface area contributed by atoms with Gasteiger partial charge in [-0.2, -0.15) is 5.26 Å². The van der Waals surface area contributed by atoms with Crippen molar-refractivity contribution in [2.45, 2.75) is 10.8 Å². The smallest absolute Gasteiger partial charge is 0.210 e. The second-order valence-electron chi connectivity index (χ2n) is 3.12. The number of nitriles is 1. The molecule has 1 aromatic carbocycles. The Morgan fingerprint density at radius 3 is 2.88 bits per heavy atom. The first-order valence-electron chi connectivity index (χ1n) is 5.04. The first-order valence-corrected chi connectivity index (χ1v) is 6.84. The molecule has 0 fully saturated rings. The molecule has 86 valence electrons. The van der Waals surface area contributed by atoms with Gasteiger partial charge in [-0.3, -0.25) is 0 Å². The summed E-state index contributed by atoms with van der Waals surface area (Å²) in [5.74, 6) is 0.760. The maximum absolute atomic E-state index is 8.44. The first-order chi connectivity index (χ1) is 8.38. The van der Waals surface area contributed by atoms with Crippen LogP contribution in [0.5, 0.6) is 0 Å². The molecule has 1 heterocycles. The van der Waals surface area contributed by atoms with Crippen LogP contribution in [0, 0.1) is 11.3 Å². The molecule has 6 heteroatoms. The zero-order chi connectivity index (χ0) is 11.9. The number of benzene rings is 1. The summed E-state index contributed by atoms with van der Waals surface area (Å²) in [5, 5.41) is 20.5. The third-order valence-corrected chi connectivity index (χ3v) is 3.84. The maximum atomic E-state index is 8.44. The number of aromatic nitrogens is 2. The molecule has 0 aliphatic rings. The van der Waals surface area contributed by atoms with Crippen molar-refractivity contribution in [1.29, 1.82) is 5.26 Å². The van der Waals surface area contributed by atoms with E-state index in [4.69, 9.17) is 5.26 Å². The van der Waals surface area contributed by atoms with Crippen molar-refractivity contribution >= 4 is 33.9 Å². The van der Waals surface area contributed by atoms with Gasteiger partial charge in [0.15, 0.2) is 4.34 Å². The van der Waals surface area contributed by atoms with Gasteiger partial charge in [0, 0.05) is 17.9 Å². The number of hydrogen-bond donors (Lipinski definition) is 1. The Hall–Kier alpha value is -1.58. The summed E-state index contributed by atoms with van der Waals surface area (Å²) in [6, 6.07) is 12.0. The van der Waals surface area contributed by atoms with Crippen molar-refractivity contribution in [3.8, 4) is 6.07 Å². The van der Waals surface area contributed by atoms with Gasteiger partial charge in [0.1, 0.15) is 0 Å². The number of thioether (sulfide) groups is 1. The fraction of sp³-hybridized carbons (Fsp3) is 0.182. The second kappa shape index (κ2) is 6.23. The maximum Gasteiger partial charge on any atom is 0.210 e. The molecule has 1 aromatic heterocycles. The van der Waals surface area contributed by atoms with Gasteiger partial charge < -0.3 is 5.32 Å². The molecule has 0 bridgehead atoms. The molecule has 0 saturated carbocycles. The Kier molecular flexibility index (Phi) is 4.36. The molecule has 0 aliphatic carbocycles. The Balaban J connectivity index is 1.93. The number of para-hydroxylation sites is 1. The van der Waals surface area contributed by atoms with E-state index in [0.717, 1.165) is 20.9 Å². The lowest BCUT2D eigenvalue weighted by Gasteiger charge is -1.99. The normalized spacial score (nSPS) is 9.82. The van der Waals surface area contributed by atoms with Crippen molar-refractivity contribution in [1.82, 2.24) is 10.2 Å². The van der Waals surface area contributed by atoms with Crippen LogP contribution >= 0.6 is 23.1 Å². The van der Waals surface area contributed by atoms with Gasteiger partial charge in [-0.25, -0.2) is 0 Å². The summed E-state index contributed by atoms with van der Waals surface area (Å²) in [4.78, 5) is 0. The molecule has 0 atom stereocenters. The van der Waals surface area contributed by atoms with Crippen LogP contribution in [-0.2, 0) is 0 Å². The van der Waals surface area contributed by atoms with Crippen LogP contribution in [0.2, 0.25) is 0 Å². The van der Waals surface area contributed by atoms with E-state index in [1.165, 1.54) is 11.3 Å². The zero-order valence-electron chi connectivity index (χ0n) is 8.96. The number of rotatable bonds is 5. The third kappa shape index (κ3) is 3.73. The molecule has 0 aliphatic heterocycles. The van der Waals surface area contributed by atoms with Crippen LogP contribution in [-0.4, -0.2) is 16.0 Å². The van der Waals surface area contributed by atoms with Gasteiger partial charge in [-0.05, 0) is 12.1 Å². The average molecular weight is 262 g/mol. The SMILES string of the molecule is N#CCCSc1nnc(Nc2ccccc2)s1. The summed E-state index contributed by atoms with van der Waals surface area (Å²) in [6.07, 6.45) is 0.533. The van der Waals surface area contributed by atoms with Gasteiger partial charge in [-0.1, -0.05) is 41.3 Å². The summed E-state index contributed by atoms with van der Waals surface area (Å²) in [5.41, 5.74) is 0.997. The van der Waals surface area contributed by atoms with Gasteiger partial charge in [0.05, 0.1) is 6.07 Å². The lowest BCUT2D eigenvalue weighted by Crippen LogP contribution is -1.87. The van der Waals surface area contributed by atoms with Crippen molar-refractivity contribution in [2.24, 2.45) is 0 Å². The number of hydrogen-bond acceptors (Lipinski definition) is 6.